The molecule has 1 spiro atoms. The average Bonchev–Trinajstić information content (AvgIpc) is 3.35. The molecular formula is C24H22ClFN6. The summed E-state index contributed by atoms with van der Waals surface area (Å²) in [7, 11) is 0. The number of hydrogen-bond acceptors (Lipinski definition) is 6. The molecule has 2 aromatic heterocycles. The van der Waals surface area contributed by atoms with E-state index in [2.05, 4.69) is 44.1 Å². The molecule has 1 unspecified atom stereocenters. The predicted molar refractivity (Wildman–Crippen MR) is 122 cm³/mol. The number of nitrogens with zero attached hydrogens (tertiary/aromatic N) is 5. The number of aromatic nitrogens is 3. The molecule has 1 aromatic carbocycles. The number of fused-ring (bicyclic) bond motifs is 2. The highest BCUT2D eigenvalue weighted by molar-refractivity contribution is 6.30. The largest absolute Gasteiger partial charge is 0.355 e. The number of pyridine rings is 1. The van der Waals surface area contributed by atoms with Gasteiger partial charge in [-0.05, 0) is 41.9 Å². The van der Waals surface area contributed by atoms with Gasteiger partial charge in [-0.25, -0.2) is 19.3 Å². The van der Waals surface area contributed by atoms with E-state index < -0.39 is 5.82 Å². The highest BCUT2D eigenvalue weighted by Crippen LogP contribution is 2.50. The smallest absolute Gasteiger partial charge is 0.169 e. The second-order valence-electron chi connectivity index (χ2n) is 8.85. The normalized spacial score (nSPS) is 20.9. The Hall–Kier alpha value is -2.90. The molecule has 2 aliphatic heterocycles. The van der Waals surface area contributed by atoms with Crippen LogP contribution in [0.3, 0.4) is 0 Å². The molecule has 0 saturated carbocycles. The molecule has 1 aliphatic carbocycles. The van der Waals surface area contributed by atoms with Gasteiger partial charge in [0.05, 0.1) is 24.1 Å². The minimum absolute atomic E-state index is 0.0880. The van der Waals surface area contributed by atoms with Crippen molar-refractivity contribution in [1.29, 1.82) is 0 Å². The van der Waals surface area contributed by atoms with E-state index in [0.29, 0.717) is 23.5 Å². The number of nitrogens with two attached hydrogens (primary N) is 1. The van der Waals surface area contributed by atoms with Crippen LogP contribution in [0.2, 0.25) is 5.15 Å². The van der Waals surface area contributed by atoms with E-state index in [1.807, 2.05) is 0 Å². The minimum atomic E-state index is -0.582. The lowest BCUT2D eigenvalue weighted by Crippen LogP contribution is -2.44. The van der Waals surface area contributed by atoms with Gasteiger partial charge < -0.3 is 10.6 Å². The lowest BCUT2D eigenvalue weighted by Gasteiger charge is -2.42. The molecule has 32 heavy (non-hydrogen) atoms. The molecule has 1 atom stereocenters. The van der Waals surface area contributed by atoms with E-state index in [-0.39, 0.29) is 16.6 Å². The Labute approximate surface area is 190 Å². The molecule has 4 heterocycles. The van der Waals surface area contributed by atoms with Crippen molar-refractivity contribution in [3.05, 3.63) is 81.8 Å². The maximum atomic E-state index is 14.5. The zero-order valence-corrected chi connectivity index (χ0v) is 18.2. The molecule has 6 nitrogen and oxygen atoms in total. The van der Waals surface area contributed by atoms with Gasteiger partial charge in [0.15, 0.2) is 11.0 Å². The number of benzene rings is 1. The highest BCUT2D eigenvalue weighted by atomic mass is 35.5. The number of piperidine rings is 1. The van der Waals surface area contributed by atoms with Crippen molar-refractivity contribution in [3.63, 3.8) is 0 Å². The van der Waals surface area contributed by atoms with E-state index in [4.69, 9.17) is 22.3 Å². The summed E-state index contributed by atoms with van der Waals surface area (Å²) >= 11 is 5.84. The molecule has 1 fully saturated rings. The molecule has 3 aliphatic rings. The molecule has 1 saturated heterocycles. The molecule has 8 heteroatoms. The first-order valence-corrected chi connectivity index (χ1v) is 11.2. The van der Waals surface area contributed by atoms with Crippen LogP contribution < -0.4 is 10.6 Å². The lowest BCUT2D eigenvalue weighted by molar-refractivity contribution is 0.187. The van der Waals surface area contributed by atoms with Gasteiger partial charge in [-0.2, -0.15) is 0 Å². The Morgan fingerprint density at radius 1 is 1.12 bits per heavy atom. The van der Waals surface area contributed by atoms with Gasteiger partial charge in [0.25, 0.3) is 0 Å². The van der Waals surface area contributed by atoms with Crippen LogP contribution in [0.4, 0.5) is 10.2 Å². The van der Waals surface area contributed by atoms with Crippen molar-refractivity contribution in [2.24, 2.45) is 16.1 Å². The van der Waals surface area contributed by atoms with Gasteiger partial charge in [0.2, 0.25) is 0 Å². The molecule has 0 radical (unpaired) electrons. The molecule has 0 bridgehead atoms. The predicted octanol–water partition coefficient (Wildman–Crippen LogP) is 3.86. The summed E-state index contributed by atoms with van der Waals surface area (Å²) in [6.07, 6.45) is 6.32. The molecular weight excluding hydrogens is 427 g/mol. The maximum absolute atomic E-state index is 14.5. The fourth-order valence-corrected chi connectivity index (χ4v) is 5.56. The number of halogens is 2. The van der Waals surface area contributed by atoms with Crippen LogP contribution >= 0.6 is 11.6 Å². The summed E-state index contributed by atoms with van der Waals surface area (Å²) in [6, 6.07) is 10.2. The van der Waals surface area contributed by atoms with Crippen molar-refractivity contribution >= 4 is 23.1 Å². The van der Waals surface area contributed by atoms with E-state index in [1.54, 1.807) is 12.3 Å². The Kier molecular flexibility index (Phi) is 4.52. The van der Waals surface area contributed by atoms with Crippen molar-refractivity contribution < 1.29 is 4.39 Å². The van der Waals surface area contributed by atoms with Crippen LogP contribution in [-0.4, -0.2) is 33.8 Å². The van der Waals surface area contributed by atoms with Crippen LogP contribution in [-0.2, 0) is 13.0 Å². The van der Waals surface area contributed by atoms with E-state index in [1.165, 1.54) is 17.3 Å². The summed E-state index contributed by atoms with van der Waals surface area (Å²) < 4.78 is 14.5. The Balaban J connectivity index is 1.21. The second-order valence-corrected chi connectivity index (χ2v) is 9.21. The number of rotatable bonds is 2. The third kappa shape index (κ3) is 2.95. The van der Waals surface area contributed by atoms with Crippen LogP contribution in [0, 0.1) is 11.2 Å². The van der Waals surface area contributed by atoms with Crippen LogP contribution in [0.5, 0.6) is 0 Å². The Morgan fingerprint density at radius 3 is 2.75 bits per heavy atom. The Bertz CT molecular complexity index is 1250. The first kappa shape index (κ1) is 19.8. The fourth-order valence-electron chi connectivity index (χ4n) is 5.41. The summed E-state index contributed by atoms with van der Waals surface area (Å²) in [5.74, 6) is 0.259. The summed E-state index contributed by atoms with van der Waals surface area (Å²) in [5, 5.41) is -0.169. The third-order valence-electron chi connectivity index (χ3n) is 7.22. The highest BCUT2D eigenvalue weighted by Gasteiger charge is 2.46. The third-order valence-corrected chi connectivity index (χ3v) is 7.48. The van der Waals surface area contributed by atoms with Crippen molar-refractivity contribution in [2.45, 2.75) is 31.8 Å². The van der Waals surface area contributed by atoms with Crippen molar-refractivity contribution in [2.75, 3.05) is 18.0 Å². The molecule has 0 amide bonds. The topological polar surface area (TPSA) is 80.3 Å². The first-order chi connectivity index (χ1) is 15.6. The first-order valence-electron chi connectivity index (χ1n) is 10.9. The van der Waals surface area contributed by atoms with Gasteiger partial charge in [-0.15, -0.1) is 0 Å². The van der Waals surface area contributed by atoms with Gasteiger partial charge in [0.1, 0.15) is 11.5 Å². The van der Waals surface area contributed by atoms with Crippen LogP contribution in [0.1, 0.15) is 47.0 Å². The molecule has 3 aromatic rings. The SMILES string of the molecule is NC1c2ccccc2CC12CCN(c1cnc3c(n1)CN=C3c1ccnc(Cl)c1F)CC2. The van der Waals surface area contributed by atoms with E-state index >= 15 is 0 Å². The quantitative estimate of drug-likeness (QED) is 0.602. The number of anilines is 1. The summed E-state index contributed by atoms with van der Waals surface area (Å²) in [5.41, 5.74) is 11.7. The van der Waals surface area contributed by atoms with E-state index in [9.17, 15) is 4.39 Å². The monoisotopic (exact) mass is 448 g/mol. The number of aliphatic imine (C=N–C) groups is 1. The average molecular weight is 449 g/mol. The zero-order chi connectivity index (χ0) is 21.9. The van der Waals surface area contributed by atoms with Gasteiger partial charge in [-0.3, -0.25) is 4.99 Å². The van der Waals surface area contributed by atoms with Crippen molar-refractivity contribution in [3.8, 4) is 0 Å². The number of hydrogen-bond donors (Lipinski definition) is 1. The second kappa shape index (κ2) is 7.32. The Morgan fingerprint density at radius 2 is 1.94 bits per heavy atom. The minimum Gasteiger partial charge on any atom is -0.355 e. The zero-order valence-electron chi connectivity index (χ0n) is 17.4. The fraction of sp³-hybridized carbons (Fsp3) is 0.333. The van der Waals surface area contributed by atoms with Crippen molar-refractivity contribution in [1.82, 2.24) is 15.0 Å². The molecule has 6 rings (SSSR count). The van der Waals surface area contributed by atoms with E-state index in [0.717, 1.165) is 43.9 Å². The van der Waals surface area contributed by atoms with Crippen LogP contribution in [0.25, 0.3) is 0 Å². The standard InChI is InChI=1S/C24H22ClFN6/c25-23-19(26)16(5-8-28-23)20-21-17(12-29-20)31-18(13-30-21)32-9-6-24(7-10-32)11-14-3-1-2-4-15(14)22(24)27/h1-5,8,13,22H,6-7,9-12,27H2. The molecule has 2 N–H and O–H groups in total. The van der Waals surface area contributed by atoms with Crippen LogP contribution in [0.15, 0.2) is 47.7 Å². The molecule has 162 valence electrons. The van der Waals surface area contributed by atoms with Gasteiger partial charge >= 0.3 is 0 Å². The van der Waals surface area contributed by atoms with Gasteiger partial charge in [0, 0.05) is 30.9 Å². The summed E-state index contributed by atoms with van der Waals surface area (Å²) in [6.45, 7) is 2.15. The summed E-state index contributed by atoms with van der Waals surface area (Å²) in [4.78, 5) is 20.0. The van der Waals surface area contributed by atoms with Gasteiger partial charge in [-0.1, -0.05) is 35.9 Å². The maximum Gasteiger partial charge on any atom is 0.169 e. The lowest BCUT2D eigenvalue weighted by atomic mass is 9.73.